The lowest BCUT2D eigenvalue weighted by molar-refractivity contribution is 0.490. The van der Waals surface area contributed by atoms with Crippen LogP contribution in [0.4, 0.5) is 0 Å². The Kier molecular flexibility index (Phi) is 3.46. The van der Waals surface area contributed by atoms with Crippen molar-refractivity contribution in [1.29, 1.82) is 0 Å². The topological polar surface area (TPSA) is 0 Å². The molecule has 1 saturated heterocycles. The highest BCUT2D eigenvalue weighted by atomic mass is 32.2. The average molecular weight is 223 g/mol. The van der Waals surface area contributed by atoms with Crippen molar-refractivity contribution in [3.8, 4) is 0 Å². The molecule has 1 heterocycles. The predicted molar refractivity (Wildman–Crippen MR) is 67.2 cm³/mol. The van der Waals surface area contributed by atoms with Crippen molar-refractivity contribution in [2.24, 2.45) is 5.41 Å². The highest BCUT2D eigenvalue weighted by molar-refractivity contribution is 8.26. The van der Waals surface area contributed by atoms with Crippen LogP contribution in [0.15, 0.2) is 0 Å². The third-order valence-electron chi connectivity index (χ3n) is 1.87. The molecular weight excluding hydrogens is 203 g/mol. The highest BCUT2D eigenvalue weighted by Gasteiger charge is 2.38. The molecule has 0 aromatic heterocycles. The SMILES string of the molecule is CC1(C)CSC([P+](C)(C)C)SC1. The van der Waals surface area contributed by atoms with Gasteiger partial charge in [-0.1, -0.05) is 13.8 Å². The van der Waals surface area contributed by atoms with Crippen LogP contribution in [0.3, 0.4) is 0 Å². The molecule has 1 fully saturated rings. The number of rotatable bonds is 1. The summed E-state index contributed by atoms with van der Waals surface area (Å²) in [6.45, 7) is 12.1. The van der Waals surface area contributed by atoms with Gasteiger partial charge in [0, 0.05) is 18.8 Å². The molecule has 12 heavy (non-hydrogen) atoms. The van der Waals surface area contributed by atoms with Gasteiger partial charge in [-0.3, -0.25) is 0 Å². The minimum absolute atomic E-state index is 0.570. The fourth-order valence-electron chi connectivity index (χ4n) is 1.13. The second-order valence-corrected chi connectivity index (χ2v) is 13.1. The molecule has 0 spiro atoms. The van der Waals surface area contributed by atoms with Crippen molar-refractivity contribution in [2.75, 3.05) is 31.5 Å². The fourth-order valence-corrected chi connectivity index (χ4v) is 7.47. The van der Waals surface area contributed by atoms with E-state index in [1.807, 2.05) is 0 Å². The van der Waals surface area contributed by atoms with Crippen molar-refractivity contribution < 1.29 is 0 Å². The van der Waals surface area contributed by atoms with Crippen LogP contribution in [0.5, 0.6) is 0 Å². The molecule has 0 aliphatic carbocycles. The molecular formula is C9H20PS2+. The molecule has 0 amide bonds. The van der Waals surface area contributed by atoms with Gasteiger partial charge in [-0.05, 0) is 5.41 Å². The van der Waals surface area contributed by atoms with Crippen molar-refractivity contribution in [1.82, 2.24) is 0 Å². The van der Waals surface area contributed by atoms with E-state index in [0.717, 1.165) is 4.32 Å². The third-order valence-corrected chi connectivity index (χ3v) is 11.1. The Morgan fingerprint density at radius 1 is 1.08 bits per heavy atom. The number of hydrogen-bond donors (Lipinski definition) is 0. The zero-order valence-corrected chi connectivity index (χ0v) is 11.3. The van der Waals surface area contributed by atoms with E-state index in [1.54, 1.807) is 0 Å². The third kappa shape index (κ3) is 3.12. The lowest BCUT2D eigenvalue weighted by atomic mass is 10.0. The largest absolute Gasteiger partial charge is 0.158 e. The van der Waals surface area contributed by atoms with E-state index in [2.05, 4.69) is 57.4 Å². The van der Waals surface area contributed by atoms with E-state index >= 15 is 0 Å². The van der Waals surface area contributed by atoms with Gasteiger partial charge in [-0.2, -0.15) is 0 Å². The van der Waals surface area contributed by atoms with Gasteiger partial charge >= 0.3 is 0 Å². The lowest BCUT2D eigenvalue weighted by Crippen LogP contribution is -2.26. The maximum atomic E-state index is 2.45. The molecule has 0 atom stereocenters. The Hall–Kier alpha value is 1.13. The van der Waals surface area contributed by atoms with Crippen molar-refractivity contribution in [2.45, 2.75) is 18.2 Å². The molecule has 0 saturated carbocycles. The zero-order valence-electron chi connectivity index (χ0n) is 8.76. The van der Waals surface area contributed by atoms with Crippen molar-refractivity contribution in [3.63, 3.8) is 0 Å². The minimum atomic E-state index is -0.622. The Labute approximate surface area is 86.0 Å². The Morgan fingerprint density at radius 2 is 1.50 bits per heavy atom. The molecule has 0 N–H and O–H groups in total. The molecule has 0 radical (unpaired) electrons. The molecule has 0 aromatic carbocycles. The molecule has 1 rings (SSSR count). The van der Waals surface area contributed by atoms with E-state index in [-0.39, 0.29) is 0 Å². The molecule has 0 nitrogen and oxygen atoms in total. The van der Waals surface area contributed by atoms with Gasteiger partial charge in [0.1, 0.15) is 0 Å². The Balaban J connectivity index is 2.47. The van der Waals surface area contributed by atoms with Crippen molar-refractivity contribution in [3.05, 3.63) is 0 Å². The molecule has 72 valence electrons. The first-order valence-electron chi connectivity index (χ1n) is 4.36. The molecule has 0 unspecified atom stereocenters. The number of hydrogen-bond acceptors (Lipinski definition) is 2. The van der Waals surface area contributed by atoms with E-state index in [9.17, 15) is 0 Å². The normalized spacial score (nSPS) is 25.8. The predicted octanol–water partition coefficient (Wildman–Crippen LogP) is 3.68. The monoisotopic (exact) mass is 223 g/mol. The van der Waals surface area contributed by atoms with E-state index in [4.69, 9.17) is 0 Å². The summed E-state index contributed by atoms with van der Waals surface area (Å²) in [6.07, 6.45) is 0. The van der Waals surface area contributed by atoms with E-state index in [1.165, 1.54) is 11.5 Å². The summed E-state index contributed by atoms with van der Waals surface area (Å²) in [5.41, 5.74) is 0.570. The molecule has 1 aliphatic heterocycles. The number of thioether (sulfide) groups is 2. The second kappa shape index (κ2) is 3.71. The standard InChI is InChI=1S/C9H20PS2/c1-9(2)6-11-8(12-7-9)10(3,4)5/h8H,6-7H2,1-5H3/q+1. The summed E-state index contributed by atoms with van der Waals surface area (Å²) in [4.78, 5) is 0. The van der Waals surface area contributed by atoms with Crippen LogP contribution < -0.4 is 0 Å². The lowest BCUT2D eigenvalue weighted by Gasteiger charge is -2.35. The first kappa shape index (κ1) is 11.2. The van der Waals surface area contributed by atoms with Gasteiger partial charge in [0.25, 0.3) is 0 Å². The van der Waals surface area contributed by atoms with Gasteiger partial charge in [-0.15, -0.1) is 23.5 Å². The summed E-state index contributed by atoms with van der Waals surface area (Å²) in [5, 5.41) is 0. The zero-order chi connectivity index (χ0) is 9.41. The maximum Gasteiger partial charge on any atom is 0.158 e. The average Bonchev–Trinajstić information content (AvgIpc) is 1.83. The van der Waals surface area contributed by atoms with Crippen LogP contribution in [0.1, 0.15) is 13.8 Å². The van der Waals surface area contributed by atoms with E-state index < -0.39 is 7.26 Å². The van der Waals surface area contributed by atoms with Crippen LogP contribution in [0.25, 0.3) is 0 Å². The van der Waals surface area contributed by atoms with Crippen LogP contribution in [-0.4, -0.2) is 35.8 Å². The van der Waals surface area contributed by atoms with Gasteiger partial charge in [0.05, 0.1) is 20.0 Å². The van der Waals surface area contributed by atoms with Gasteiger partial charge in [-0.25, -0.2) is 0 Å². The summed E-state index contributed by atoms with van der Waals surface area (Å²) in [5.74, 6) is 2.70. The Morgan fingerprint density at radius 3 is 1.83 bits per heavy atom. The van der Waals surface area contributed by atoms with Crippen LogP contribution in [0, 0.1) is 5.41 Å². The summed E-state index contributed by atoms with van der Waals surface area (Å²) in [6, 6.07) is 0. The second-order valence-electron chi connectivity index (χ2n) is 5.21. The quantitative estimate of drug-likeness (QED) is 0.622. The summed E-state index contributed by atoms with van der Waals surface area (Å²) < 4.78 is 0.908. The van der Waals surface area contributed by atoms with Gasteiger partial charge in [0.15, 0.2) is 4.32 Å². The maximum absolute atomic E-state index is 2.45. The minimum Gasteiger partial charge on any atom is -0.107 e. The van der Waals surface area contributed by atoms with E-state index in [0.29, 0.717) is 5.41 Å². The molecule has 3 heteroatoms. The van der Waals surface area contributed by atoms with Crippen LogP contribution >= 0.6 is 30.8 Å². The molecule has 1 aliphatic rings. The summed E-state index contributed by atoms with van der Waals surface area (Å²) in [7, 11) is -0.622. The Bertz CT molecular complexity index is 150. The van der Waals surface area contributed by atoms with Gasteiger partial charge < -0.3 is 0 Å². The molecule has 0 aromatic rings. The molecule has 0 bridgehead atoms. The van der Waals surface area contributed by atoms with Crippen molar-refractivity contribution >= 4 is 30.8 Å². The van der Waals surface area contributed by atoms with Crippen LogP contribution in [-0.2, 0) is 0 Å². The fraction of sp³-hybridized carbons (Fsp3) is 1.00. The smallest absolute Gasteiger partial charge is 0.107 e. The first-order chi connectivity index (χ1) is 5.31. The summed E-state index contributed by atoms with van der Waals surface area (Å²) >= 11 is 4.38. The van der Waals surface area contributed by atoms with Crippen LogP contribution in [0.2, 0.25) is 0 Å². The highest BCUT2D eigenvalue weighted by Crippen LogP contribution is 2.63. The first-order valence-corrected chi connectivity index (χ1v) is 9.65. The van der Waals surface area contributed by atoms with Gasteiger partial charge in [0.2, 0.25) is 0 Å².